The Labute approximate surface area is 120 Å². The summed E-state index contributed by atoms with van der Waals surface area (Å²) in [6, 6.07) is 7.61. The van der Waals surface area contributed by atoms with E-state index in [-0.39, 0.29) is 18.6 Å². The highest BCUT2D eigenvalue weighted by Gasteiger charge is 2.15. The molecule has 20 heavy (non-hydrogen) atoms. The largest absolute Gasteiger partial charge is 0.484 e. The molecule has 1 aliphatic heterocycles. The lowest BCUT2D eigenvalue weighted by molar-refractivity contribution is -0.133. The van der Waals surface area contributed by atoms with E-state index in [1.54, 1.807) is 0 Å². The van der Waals surface area contributed by atoms with Crippen LogP contribution in [0.4, 0.5) is 0 Å². The standard InChI is InChI=1S/C16H24N2O2/c1-13(17)14-7-6-8-15(11-14)20-12-16(19)18-9-4-2-3-5-10-18/h6-8,11,13H,2-5,9-10,12,17H2,1H3. The van der Waals surface area contributed by atoms with Crippen LogP contribution in [-0.2, 0) is 4.79 Å². The van der Waals surface area contributed by atoms with Crippen LogP contribution in [0.5, 0.6) is 5.75 Å². The Morgan fingerprint density at radius 3 is 2.65 bits per heavy atom. The maximum absolute atomic E-state index is 12.1. The second kappa shape index (κ2) is 7.29. The van der Waals surface area contributed by atoms with Crippen molar-refractivity contribution in [3.8, 4) is 5.75 Å². The quantitative estimate of drug-likeness (QED) is 0.919. The van der Waals surface area contributed by atoms with E-state index in [4.69, 9.17) is 10.5 Å². The lowest BCUT2D eigenvalue weighted by Gasteiger charge is -2.20. The monoisotopic (exact) mass is 276 g/mol. The van der Waals surface area contributed by atoms with Crippen LogP contribution in [0.15, 0.2) is 24.3 Å². The van der Waals surface area contributed by atoms with E-state index >= 15 is 0 Å². The lowest BCUT2D eigenvalue weighted by Crippen LogP contribution is -2.35. The number of hydrogen-bond acceptors (Lipinski definition) is 3. The number of amides is 1. The molecule has 1 unspecified atom stereocenters. The number of likely N-dealkylation sites (tertiary alicyclic amines) is 1. The first-order valence-electron chi connectivity index (χ1n) is 7.43. The molecule has 1 heterocycles. The summed E-state index contributed by atoms with van der Waals surface area (Å²) < 4.78 is 5.61. The van der Waals surface area contributed by atoms with Crippen LogP contribution in [0.1, 0.15) is 44.2 Å². The molecular formula is C16H24N2O2. The molecule has 0 spiro atoms. The summed E-state index contributed by atoms with van der Waals surface area (Å²) in [5.74, 6) is 0.793. The summed E-state index contributed by atoms with van der Waals surface area (Å²) >= 11 is 0. The fourth-order valence-electron chi connectivity index (χ4n) is 2.44. The summed E-state index contributed by atoms with van der Waals surface area (Å²) in [6.45, 7) is 3.77. The van der Waals surface area contributed by atoms with Gasteiger partial charge in [-0.1, -0.05) is 25.0 Å². The molecule has 0 bridgehead atoms. The number of ether oxygens (including phenoxy) is 1. The molecule has 1 aromatic carbocycles. The molecule has 110 valence electrons. The first-order valence-corrected chi connectivity index (χ1v) is 7.43. The molecule has 2 rings (SSSR count). The van der Waals surface area contributed by atoms with Gasteiger partial charge in [-0.15, -0.1) is 0 Å². The van der Waals surface area contributed by atoms with Gasteiger partial charge in [0.15, 0.2) is 6.61 Å². The Balaban J connectivity index is 1.87. The van der Waals surface area contributed by atoms with Gasteiger partial charge < -0.3 is 15.4 Å². The zero-order valence-corrected chi connectivity index (χ0v) is 12.2. The highest BCUT2D eigenvalue weighted by Crippen LogP contribution is 2.18. The third kappa shape index (κ3) is 4.23. The van der Waals surface area contributed by atoms with Gasteiger partial charge in [-0.3, -0.25) is 4.79 Å². The van der Waals surface area contributed by atoms with Gasteiger partial charge in [-0.25, -0.2) is 0 Å². The van der Waals surface area contributed by atoms with E-state index in [9.17, 15) is 4.79 Å². The fraction of sp³-hybridized carbons (Fsp3) is 0.562. The summed E-state index contributed by atoms with van der Waals surface area (Å²) in [5.41, 5.74) is 6.86. The molecule has 1 fully saturated rings. The minimum atomic E-state index is -0.0279. The topological polar surface area (TPSA) is 55.6 Å². The number of hydrogen-bond donors (Lipinski definition) is 1. The van der Waals surface area contributed by atoms with Crippen molar-refractivity contribution in [1.29, 1.82) is 0 Å². The summed E-state index contributed by atoms with van der Waals surface area (Å²) in [4.78, 5) is 14.0. The Hall–Kier alpha value is -1.55. The number of benzene rings is 1. The van der Waals surface area contributed by atoms with Crippen molar-refractivity contribution in [2.45, 2.75) is 38.6 Å². The molecule has 1 saturated heterocycles. The number of nitrogens with zero attached hydrogens (tertiary/aromatic N) is 1. The maximum Gasteiger partial charge on any atom is 0.260 e. The van der Waals surface area contributed by atoms with Gasteiger partial charge in [-0.2, -0.15) is 0 Å². The molecule has 0 radical (unpaired) electrons. The molecule has 1 aliphatic rings. The van der Waals surface area contributed by atoms with Crippen LogP contribution in [0.25, 0.3) is 0 Å². The van der Waals surface area contributed by atoms with Crippen molar-refractivity contribution >= 4 is 5.91 Å². The van der Waals surface area contributed by atoms with E-state index in [2.05, 4.69) is 0 Å². The molecule has 0 aliphatic carbocycles. The van der Waals surface area contributed by atoms with Crippen molar-refractivity contribution < 1.29 is 9.53 Å². The molecule has 4 heteroatoms. The molecule has 2 N–H and O–H groups in total. The van der Waals surface area contributed by atoms with E-state index < -0.39 is 0 Å². The van der Waals surface area contributed by atoms with Gasteiger partial charge in [0.05, 0.1) is 0 Å². The van der Waals surface area contributed by atoms with Crippen molar-refractivity contribution in [3.05, 3.63) is 29.8 Å². The van der Waals surface area contributed by atoms with Crippen molar-refractivity contribution in [1.82, 2.24) is 4.90 Å². The fourth-order valence-corrected chi connectivity index (χ4v) is 2.44. The normalized spacial score (nSPS) is 17.4. The number of rotatable bonds is 4. The Morgan fingerprint density at radius 1 is 1.30 bits per heavy atom. The first-order chi connectivity index (χ1) is 9.66. The van der Waals surface area contributed by atoms with E-state index in [1.165, 1.54) is 12.8 Å². The second-order valence-electron chi connectivity index (χ2n) is 5.44. The van der Waals surface area contributed by atoms with Crippen LogP contribution in [0, 0.1) is 0 Å². The Morgan fingerprint density at radius 2 is 2.00 bits per heavy atom. The van der Waals surface area contributed by atoms with E-state index in [0.717, 1.165) is 31.5 Å². The van der Waals surface area contributed by atoms with Gasteiger partial charge >= 0.3 is 0 Å². The van der Waals surface area contributed by atoms with Gasteiger partial charge in [0.1, 0.15) is 5.75 Å². The van der Waals surface area contributed by atoms with Crippen molar-refractivity contribution in [3.63, 3.8) is 0 Å². The molecule has 0 saturated carbocycles. The predicted octanol–water partition coefficient (Wildman–Crippen LogP) is 2.49. The molecule has 1 amide bonds. The Kier molecular flexibility index (Phi) is 5.41. The van der Waals surface area contributed by atoms with E-state index in [0.29, 0.717) is 5.75 Å². The van der Waals surface area contributed by atoms with Crippen LogP contribution in [0.3, 0.4) is 0 Å². The Bertz CT molecular complexity index is 438. The average Bonchev–Trinajstić information content (AvgIpc) is 2.74. The minimum Gasteiger partial charge on any atom is -0.484 e. The zero-order chi connectivity index (χ0) is 14.4. The van der Waals surface area contributed by atoms with Crippen molar-refractivity contribution in [2.75, 3.05) is 19.7 Å². The summed E-state index contributed by atoms with van der Waals surface area (Å²) in [6.07, 6.45) is 4.65. The summed E-state index contributed by atoms with van der Waals surface area (Å²) in [7, 11) is 0. The third-order valence-electron chi connectivity index (χ3n) is 3.70. The number of nitrogens with two attached hydrogens (primary N) is 1. The van der Waals surface area contributed by atoms with Gasteiger partial charge in [0.2, 0.25) is 0 Å². The molecule has 1 atom stereocenters. The van der Waals surface area contributed by atoms with Crippen LogP contribution in [0.2, 0.25) is 0 Å². The predicted molar refractivity (Wildman–Crippen MR) is 79.6 cm³/mol. The minimum absolute atomic E-state index is 0.0279. The number of carbonyl (C=O) groups is 1. The zero-order valence-electron chi connectivity index (χ0n) is 12.2. The molecular weight excluding hydrogens is 252 g/mol. The summed E-state index contributed by atoms with van der Waals surface area (Å²) in [5, 5.41) is 0. The highest BCUT2D eigenvalue weighted by molar-refractivity contribution is 5.77. The number of carbonyl (C=O) groups excluding carboxylic acids is 1. The first kappa shape index (κ1) is 14.9. The van der Waals surface area contributed by atoms with Gasteiger partial charge in [-0.05, 0) is 37.5 Å². The van der Waals surface area contributed by atoms with Gasteiger partial charge in [0, 0.05) is 19.1 Å². The lowest BCUT2D eigenvalue weighted by atomic mass is 10.1. The van der Waals surface area contributed by atoms with Crippen LogP contribution >= 0.6 is 0 Å². The second-order valence-corrected chi connectivity index (χ2v) is 5.44. The molecule has 1 aromatic rings. The average molecular weight is 276 g/mol. The van der Waals surface area contributed by atoms with Crippen LogP contribution < -0.4 is 10.5 Å². The maximum atomic E-state index is 12.1. The highest BCUT2D eigenvalue weighted by atomic mass is 16.5. The molecule has 4 nitrogen and oxygen atoms in total. The molecule has 0 aromatic heterocycles. The van der Waals surface area contributed by atoms with Crippen LogP contribution in [-0.4, -0.2) is 30.5 Å². The SMILES string of the molecule is CC(N)c1cccc(OCC(=O)N2CCCCCC2)c1. The smallest absolute Gasteiger partial charge is 0.260 e. The third-order valence-corrected chi connectivity index (χ3v) is 3.70. The van der Waals surface area contributed by atoms with Crippen molar-refractivity contribution in [2.24, 2.45) is 5.73 Å². The van der Waals surface area contributed by atoms with Gasteiger partial charge in [0.25, 0.3) is 5.91 Å². The van der Waals surface area contributed by atoms with E-state index in [1.807, 2.05) is 36.1 Å².